The summed E-state index contributed by atoms with van der Waals surface area (Å²) in [6.45, 7) is 3.02. The van der Waals surface area contributed by atoms with Gasteiger partial charge in [0.15, 0.2) is 0 Å². The van der Waals surface area contributed by atoms with Gasteiger partial charge < -0.3 is 9.80 Å². The van der Waals surface area contributed by atoms with Crippen LogP contribution < -0.4 is 4.90 Å². The van der Waals surface area contributed by atoms with E-state index in [1.807, 2.05) is 4.90 Å². The number of rotatable bonds is 3. The Hall–Kier alpha value is -1.26. The zero-order valence-electron chi connectivity index (χ0n) is 12.6. The molecule has 0 unspecified atom stereocenters. The van der Waals surface area contributed by atoms with Crippen LogP contribution in [0.3, 0.4) is 0 Å². The molecule has 1 aromatic rings. The first kappa shape index (κ1) is 17.1. The third-order valence-electron chi connectivity index (χ3n) is 3.85. The van der Waals surface area contributed by atoms with Gasteiger partial charge in [-0.25, -0.2) is 0 Å². The summed E-state index contributed by atoms with van der Waals surface area (Å²) >= 11 is 11.9. The first-order chi connectivity index (χ1) is 10.5. The van der Waals surface area contributed by atoms with Crippen LogP contribution in [0.5, 0.6) is 0 Å². The summed E-state index contributed by atoms with van der Waals surface area (Å²) in [6, 6.07) is 4.94. The molecule has 0 atom stereocenters. The van der Waals surface area contributed by atoms with Crippen LogP contribution >= 0.6 is 23.2 Å². The second-order valence-electron chi connectivity index (χ2n) is 5.50. The second kappa shape index (κ2) is 7.84. The van der Waals surface area contributed by atoms with Crippen molar-refractivity contribution in [2.24, 2.45) is 0 Å². The molecule has 2 rings (SSSR count). The summed E-state index contributed by atoms with van der Waals surface area (Å²) in [5.74, 6) is -0.218. The minimum atomic E-state index is -0.193. The number of carbonyl (C=O) groups excluding carboxylic acids is 2. The highest BCUT2D eigenvalue weighted by atomic mass is 35.5. The third-order valence-corrected chi connectivity index (χ3v) is 4.59. The number of hydrogen-bond acceptors (Lipinski definition) is 2. The minimum Gasteiger partial charge on any atom is -0.341 e. The average Bonchev–Trinajstić information content (AvgIpc) is 2.76. The zero-order valence-corrected chi connectivity index (χ0v) is 14.2. The van der Waals surface area contributed by atoms with Crippen molar-refractivity contribution in [2.75, 3.05) is 24.5 Å². The first-order valence-electron chi connectivity index (χ1n) is 7.50. The smallest absolute Gasteiger partial charge is 0.242 e. The number of carbonyl (C=O) groups is 2. The van der Waals surface area contributed by atoms with E-state index < -0.39 is 0 Å². The van der Waals surface area contributed by atoms with Crippen LogP contribution in [0.4, 0.5) is 5.69 Å². The van der Waals surface area contributed by atoms with Crippen LogP contribution in [0.15, 0.2) is 18.2 Å². The maximum Gasteiger partial charge on any atom is 0.242 e. The van der Waals surface area contributed by atoms with Crippen LogP contribution in [-0.2, 0) is 9.59 Å². The van der Waals surface area contributed by atoms with Gasteiger partial charge in [-0.15, -0.1) is 0 Å². The summed E-state index contributed by atoms with van der Waals surface area (Å²) in [7, 11) is 0. The van der Waals surface area contributed by atoms with Gasteiger partial charge in [0.25, 0.3) is 0 Å². The summed E-state index contributed by atoms with van der Waals surface area (Å²) in [5, 5.41) is 0.792. The number of benzene rings is 1. The number of nitrogens with zero attached hydrogens (tertiary/aromatic N) is 2. The molecule has 0 aliphatic carbocycles. The second-order valence-corrected chi connectivity index (χ2v) is 6.31. The van der Waals surface area contributed by atoms with Gasteiger partial charge in [0.05, 0.1) is 10.0 Å². The molecule has 0 radical (unpaired) electrons. The fourth-order valence-corrected chi connectivity index (χ4v) is 2.89. The third kappa shape index (κ3) is 4.37. The summed E-state index contributed by atoms with van der Waals surface area (Å²) < 4.78 is 0. The van der Waals surface area contributed by atoms with Crippen molar-refractivity contribution in [2.45, 2.75) is 32.6 Å². The Morgan fingerprint density at radius 3 is 2.27 bits per heavy atom. The quantitative estimate of drug-likeness (QED) is 0.839. The average molecular weight is 343 g/mol. The lowest BCUT2D eigenvalue weighted by molar-refractivity contribution is -0.131. The molecule has 6 heteroatoms. The van der Waals surface area contributed by atoms with E-state index in [0.717, 1.165) is 38.8 Å². The molecule has 1 aromatic carbocycles. The molecule has 1 fully saturated rings. The summed E-state index contributed by atoms with van der Waals surface area (Å²) in [4.78, 5) is 27.7. The molecule has 0 bridgehead atoms. The number of anilines is 1. The summed E-state index contributed by atoms with van der Waals surface area (Å²) in [5.41, 5.74) is 0.588. The van der Waals surface area contributed by atoms with Gasteiger partial charge in [0.2, 0.25) is 11.8 Å². The van der Waals surface area contributed by atoms with Gasteiger partial charge in [0, 0.05) is 25.7 Å². The van der Waals surface area contributed by atoms with Crippen molar-refractivity contribution in [1.82, 2.24) is 4.90 Å². The molecule has 0 N–H and O–H groups in total. The number of amides is 2. The van der Waals surface area contributed by atoms with E-state index in [4.69, 9.17) is 23.2 Å². The molecule has 1 aliphatic heterocycles. The fraction of sp³-hybridized carbons (Fsp3) is 0.500. The number of halogens is 2. The first-order valence-corrected chi connectivity index (χ1v) is 8.25. The van der Waals surface area contributed by atoms with Crippen molar-refractivity contribution < 1.29 is 9.59 Å². The molecule has 22 heavy (non-hydrogen) atoms. The Labute approximate surface area is 141 Å². The van der Waals surface area contributed by atoms with E-state index in [1.165, 1.54) is 11.8 Å². The molecule has 2 amide bonds. The minimum absolute atomic E-state index is 0.0248. The molecule has 0 saturated carbocycles. The predicted octanol–water partition coefficient (Wildman–Crippen LogP) is 3.75. The molecule has 4 nitrogen and oxygen atoms in total. The topological polar surface area (TPSA) is 40.6 Å². The molecule has 120 valence electrons. The molecular formula is C16H20Cl2N2O2. The van der Waals surface area contributed by atoms with Crippen molar-refractivity contribution in [3.63, 3.8) is 0 Å². The molecular weight excluding hydrogens is 323 g/mol. The molecule has 0 spiro atoms. The number of likely N-dealkylation sites (tertiary alicyclic amines) is 1. The highest BCUT2D eigenvalue weighted by molar-refractivity contribution is 6.42. The van der Waals surface area contributed by atoms with E-state index >= 15 is 0 Å². The van der Waals surface area contributed by atoms with Gasteiger partial charge in [-0.1, -0.05) is 36.0 Å². The van der Waals surface area contributed by atoms with Gasteiger partial charge in [-0.3, -0.25) is 9.59 Å². The van der Waals surface area contributed by atoms with Crippen molar-refractivity contribution >= 4 is 40.7 Å². The normalized spacial score (nSPS) is 15.3. The Kier molecular flexibility index (Phi) is 6.09. The van der Waals surface area contributed by atoms with Crippen molar-refractivity contribution in [3.05, 3.63) is 28.2 Å². The lowest BCUT2D eigenvalue weighted by Crippen LogP contribution is -2.42. The molecule has 1 aliphatic rings. The van der Waals surface area contributed by atoms with Crippen LogP contribution in [0, 0.1) is 0 Å². The van der Waals surface area contributed by atoms with Crippen LogP contribution in [0.25, 0.3) is 0 Å². The molecule has 1 heterocycles. The van der Waals surface area contributed by atoms with Gasteiger partial charge >= 0.3 is 0 Å². The largest absolute Gasteiger partial charge is 0.341 e. The Morgan fingerprint density at radius 2 is 1.73 bits per heavy atom. The van der Waals surface area contributed by atoms with Crippen molar-refractivity contribution in [1.29, 1.82) is 0 Å². The zero-order chi connectivity index (χ0) is 16.1. The van der Waals surface area contributed by atoms with Crippen LogP contribution in [0.2, 0.25) is 10.0 Å². The van der Waals surface area contributed by atoms with Crippen LogP contribution in [0.1, 0.15) is 32.6 Å². The van der Waals surface area contributed by atoms with Crippen LogP contribution in [-0.4, -0.2) is 36.3 Å². The van der Waals surface area contributed by atoms with E-state index in [9.17, 15) is 9.59 Å². The lowest BCUT2D eigenvalue weighted by atomic mass is 10.2. The maximum absolute atomic E-state index is 12.5. The predicted molar refractivity (Wildman–Crippen MR) is 89.5 cm³/mol. The van der Waals surface area contributed by atoms with E-state index in [0.29, 0.717) is 15.7 Å². The Bertz CT molecular complexity index is 555. The van der Waals surface area contributed by atoms with Gasteiger partial charge in [-0.2, -0.15) is 0 Å². The van der Waals surface area contributed by atoms with Gasteiger partial charge in [-0.05, 0) is 31.0 Å². The Balaban J connectivity index is 2.12. The van der Waals surface area contributed by atoms with E-state index in [1.54, 1.807) is 18.2 Å². The Morgan fingerprint density at radius 1 is 1.09 bits per heavy atom. The molecule has 1 saturated heterocycles. The number of hydrogen-bond donors (Lipinski definition) is 0. The monoisotopic (exact) mass is 342 g/mol. The highest BCUT2D eigenvalue weighted by Gasteiger charge is 2.21. The summed E-state index contributed by atoms with van der Waals surface area (Å²) in [6.07, 6.45) is 4.37. The lowest BCUT2D eigenvalue weighted by Gasteiger charge is -2.26. The maximum atomic E-state index is 12.5. The van der Waals surface area contributed by atoms with E-state index in [2.05, 4.69) is 0 Å². The standard InChI is InChI=1S/C16H20Cl2N2O2/c1-12(21)20(13-6-7-14(17)15(18)10-13)11-16(22)19-8-4-2-3-5-9-19/h6-7,10H,2-5,8-9,11H2,1H3. The van der Waals surface area contributed by atoms with E-state index in [-0.39, 0.29) is 18.4 Å². The molecule has 0 aromatic heterocycles. The SMILES string of the molecule is CC(=O)N(CC(=O)N1CCCCCC1)c1ccc(Cl)c(Cl)c1. The highest BCUT2D eigenvalue weighted by Crippen LogP contribution is 2.27. The fourth-order valence-electron chi connectivity index (χ4n) is 2.59. The van der Waals surface area contributed by atoms with Gasteiger partial charge in [0.1, 0.15) is 6.54 Å². The van der Waals surface area contributed by atoms with Crippen molar-refractivity contribution in [3.8, 4) is 0 Å².